The molecule has 0 unspecified atom stereocenters. The molecule has 0 bridgehead atoms. The van der Waals surface area contributed by atoms with E-state index in [0.29, 0.717) is 55.5 Å². The summed E-state index contributed by atoms with van der Waals surface area (Å²) in [5, 5.41) is 7.57. The van der Waals surface area contributed by atoms with Gasteiger partial charge in [-0.05, 0) is 18.2 Å². The van der Waals surface area contributed by atoms with Gasteiger partial charge < -0.3 is 21.1 Å². The first-order valence-electron chi connectivity index (χ1n) is 8.18. The number of nitrogens with two attached hydrogens (primary N) is 1. The van der Waals surface area contributed by atoms with Crippen LogP contribution >= 0.6 is 34.8 Å². The zero-order chi connectivity index (χ0) is 20.3. The van der Waals surface area contributed by atoms with Gasteiger partial charge in [0.1, 0.15) is 24.5 Å². The normalized spacial score (nSPS) is 10.7. The quantitative estimate of drug-likeness (QED) is 0.298. The molecule has 0 saturated carbocycles. The summed E-state index contributed by atoms with van der Waals surface area (Å²) in [6, 6.07) is 6.58. The number of ether oxygens (including phenoxy) is 1. The van der Waals surface area contributed by atoms with E-state index in [4.69, 9.17) is 45.3 Å². The Hall–Kier alpha value is -2.48. The minimum Gasteiger partial charge on any atom is -0.490 e. The van der Waals surface area contributed by atoms with Crippen LogP contribution in [0.25, 0.3) is 10.9 Å². The maximum Gasteiger partial charge on any atom is 0.216 e. The maximum absolute atomic E-state index is 10.9. The number of nitrogens with one attached hydrogen (secondary N) is 2. The molecular weight excluding hydrogens is 425 g/mol. The number of hydrogen-bond acceptors (Lipinski definition) is 6. The summed E-state index contributed by atoms with van der Waals surface area (Å²) in [5.74, 6) is 0.844. The van der Waals surface area contributed by atoms with Gasteiger partial charge in [-0.2, -0.15) is 0 Å². The first-order chi connectivity index (χ1) is 13.3. The Balaban J connectivity index is 1.88. The number of nitrogen functional groups attached to an aromatic ring is 1. The van der Waals surface area contributed by atoms with Crippen LogP contribution in [0.3, 0.4) is 0 Å². The summed E-state index contributed by atoms with van der Waals surface area (Å²) < 4.78 is 5.63. The molecule has 146 valence electrons. The smallest absolute Gasteiger partial charge is 0.216 e. The van der Waals surface area contributed by atoms with Crippen LogP contribution in [-0.4, -0.2) is 29.0 Å². The summed E-state index contributed by atoms with van der Waals surface area (Å²) in [6.45, 7) is 2.10. The fourth-order valence-electron chi connectivity index (χ4n) is 2.46. The van der Waals surface area contributed by atoms with E-state index in [-0.39, 0.29) is 12.5 Å². The highest BCUT2D eigenvalue weighted by Gasteiger charge is 2.12. The highest BCUT2D eigenvalue weighted by atomic mass is 35.5. The molecule has 7 nitrogen and oxygen atoms in total. The minimum absolute atomic E-state index is 0.125. The van der Waals surface area contributed by atoms with Crippen LogP contribution in [-0.2, 0) is 4.79 Å². The van der Waals surface area contributed by atoms with Crippen molar-refractivity contribution in [3.8, 4) is 5.75 Å². The van der Waals surface area contributed by atoms with Gasteiger partial charge in [-0.15, -0.1) is 0 Å². The molecule has 0 aliphatic rings. The Morgan fingerprint density at radius 2 is 1.86 bits per heavy atom. The van der Waals surface area contributed by atoms with Crippen molar-refractivity contribution in [3.05, 3.63) is 45.7 Å². The lowest BCUT2D eigenvalue weighted by Gasteiger charge is -2.13. The third-order valence-corrected chi connectivity index (χ3v) is 4.80. The van der Waals surface area contributed by atoms with E-state index in [2.05, 4.69) is 20.6 Å². The van der Waals surface area contributed by atoms with Crippen LogP contribution < -0.4 is 21.1 Å². The number of carbonyl (C=O) groups excluding carboxylic acids is 1. The molecule has 1 aromatic heterocycles. The molecular formula is C18H16Cl3N5O2. The SMILES string of the molecule is CC(=O)NCCOc1cc2ncnc(Nc3cc(Cl)c(Cl)cc3Cl)c2cc1N. The Bertz CT molecular complexity index is 1050. The molecule has 0 fully saturated rings. The summed E-state index contributed by atoms with van der Waals surface area (Å²) in [7, 11) is 0. The molecule has 0 aliphatic carbocycles. The number of nitrogens with zero attached hydrogens (tertiary/aromatic N) is 2. The third kappa shape index (κ3) is 4.67. The number of carbonyl (C=O) groups is 1. The zero-order valence-electron chi connectivity index (χ0n) is 14.7. The zero-order valence-corrected chi connectivity index (χ0v) is 17.0. The topological polar surface area (TPSA) is 102 Å². The molecule has 0 saturated heterocycles. The molecule has 1 amide bonds. The summed E-state index contributed by atoms with van der Waals surface area (Å²) in [5.41, 5.74) is 7.68. The second-order valence-electron chi connectivity index (χ2n) is 5.83. The third-order valence-electron chi connectivity index (χ3n) is 3.76. The number of aromatic nitrogens is 2. The largest absolute Gasteiger partial charge is 0.490 e. The molecule has 3 aromatic rings. The van der Waals surface area contributed by atoms with Gasteiger partial charge in [0, 0.05) is 18.4 Å². The Morgan fingerprint density at radius 3 is 2.61 bits per heavy atom. The summed E-state index contributed by atoms with van der Waals surface area (Å²) in [6.07, 6.45) is 1.41. The number of fused-ring (bicyclic) bond motifs is 1. The lowest BCUT2D eigenvalue weighted by atomic mass is 10.2. The van der Waals surface area contributed by atoms with Crippen LogP contribution in [0.1, 0.15) is 6.92 Å². The summed E-state index contributed by atoms with van der Waals surface area (Å²) >= 11 is 18.3. The van der Waals surface area contributed by atoms with E-state index in [1.165, 1.54) is 13.3 Å². The van der Waals surface area contributed by atoms with Crippen molar-refractivity contribution < 1.29 is 9.53 Å². The van der Waals surface area contributed by atoms with Gasteiger partial charge in [0.05, 0.1) is 38.5 Å². The fourth-order valence-corrected chi connectivity index (χ4v) is 3.05. The predicted octanol–water partition coefficient (Wildman–Crippen LogP) is 4.43. The average molecular weight is 441 g/mol. The number of benzene rings is 2. The second-order valence-corrected chi connectivity index (χ2v) is 7.05. The molecule has 0 aliphatic heterocycles. The number of rotatable bonds is 6. The van der Waals surface area contributed by atoms with Crippen LogP contribution in [0.5, 0.6) is 5.75 Å². The van der Waals surface area contributed by atoms with Crippen molar-refractivity contribution in [1.82, 2.24) is 15.3 Å². The highest BCUT2D eigenvalue weighted by Crippen LogP contribution is 2.36. The van der Waals surface area contributed by atoms with Gasteiger partial charge in [-0.3, -0.25) is 4.79 Å². The lowest BCUT2D eigenvalue weighted by molar-refractivity contribution is -0.119. The van der Waals surface area contributed by atoms with E-state index in [9.17, 15) is 4.79 Å². The van der Waals surface area contributed by atoms with Gasteiger partial charge in [0.15, 0.2) is 0 Å². The van der Waals surface area contributed by atoms with E-state index < -0.39 is 0 Å². The first kappa shape index (κ1) is 20.3. The minimum atomic E-state index is -0.125. The number of amides is 1. The first-order valence-corrected chi connectivity index (χ1v) is 9.31. The lowest BCUT2D eigenvalue weighted by Crippen LogP contribution is -2.25. The molecule has 28 heavy (non-hydrogen) atoms. The number of anilines is 3. The maximum atomic E-state index is 10.9. The molecule has 0 spiro atoms. The molecule has 0 atom stereocenters. The van der Waals surface area contributed by atoms with Crippen molar-refractivity contribution in [2.24, 2.45) is 0 Å². The van der Waals surface area contributed by atoms with Crippen LogP contribution in [0.4, 0.5) is 17.2 Å². The van der Waals surface area contributed by atoms with E-state index >= 15 is 0 Å². The Morgan fingerprint density at radius 1 is 1.11 bits per heavy atom. The number of hydrogen-bond donors (Lipinski definition) is 3. The molecule has 0 radical (unpaired) electrons. The van der Waals surface area contributed by atoms with E-state index in [1.807, 2.05) is 0 Å². The van der Waals surface area contributed by atoms with Crippen molar-refractivity contribution in [3.63, 3.8) is 0 Å². The number of halogens is 3. The Labute approximate surface area is 176 Å². The van der Waals surface area contributed by atoms with E-state index in [1.54, 1.807) is 24.3 Å². The average Bonchev–Trinajstić information content (AvgIpc) is 2.64. The van der Waals surface area contributed by atoms with Crippen molar-refractivity contribution in [1.29, 1.82) is 0 Å². The molecule has 10 heteroatoms. The molecule has 2 aromatic carbocycles. The van der Waals surface area contributed by atoms with Crippen LogP contribution in [0.2, 0.25) is 15.1 Å². The van der Waals surface area contributed by atoms with Gasteiger partial charge in [-0.1, -0.05) is 34.8 Å². The van der Waals surface area contributed by atoms with Crippen molar-refractivity contribution >= 4 is 68.8 Å². The second kappa shape index (κ2) is 8.68. The van der Waals surface area contributed by atoms with Crippen LogP contribution in [0.15, 0.2) is 30.6 Å². The van der Waals surface area contributed by atoms with Gasteiger partial charge in [0.25, 0.3) is 0 Å². The molecule has 4 N–H and O–H groups in total. The van der Waals surface area contributed by atoms with Crippen molar-refractivity contribution in [2.75, 3.05) is 24.2 Å². The molecule has 1 heterocycles. The summed E-state index contributed by atoms with van der Waals surface area (Å²) in [4.78, 5) is 19.4. The van der Waals surface area contributed by atoms with Gasteiger partial charge >= 0.3 is 0 Å². The fraction of sp³-hybridized carbons (Fsp3) is 0.167. The highest BCUT2D eigenvalue weighted by molar-refractivity contribution is 6.44. The Kier molecular flexibility index (Phi) is 6.28. The van der Waals surface area contributed by atoms with Gasteiger partial charge in [-0.25, -0.2) is 9.97 Å². The van der Waals surface area contributed by atoms with E-state index in [0.717, 1.165) is 0 Å². The van der Waals surface area contributed by atoms with Gasteiger partial charge in [0.2, 0.25) is 5.91 Å². The molecule has 3 rings (SSSR count). The standard InChI is InChI=1S/C18H16Cl3N5O2/c1-9(27)23-2-3-28-17-7-15-10(4-14(17)22)18(25-8-24-15)26-16-6-12(20)11(19)5-13(16)21/h4-8H,2-3,22H2,1H3,(H,23,27)(H,24,25,26). The van der Waals surface area contributed by atoms with Crippen LogP contribution in [0, 0.1) is 0 Å². The predicted molar refractivity (Wildman–Crippen MR) is 113 cm³/mol. The van der Waals surface area contributed by atoms with Crippen molar-refractivity contribution in [2.45, 2.75) is 6.92 Å². The monoisotopic (exact) mass is 439 g/mol.